The van der Waals surface area contributed by atoms with E-state index in [4.69, 9.17) is 15.0 Å². The Kier molecular flexibility index (Phi) is 3.85. The molecule has 0 spiro atoms. The van der Waals surface area contributed by atoms with Crippen LogP contribution in [0.15, 0.2) is 53.4 Å². The first-order valence-electron chi connectivity index (χ1n) is 6.83. The minimum Gasteiger partial charge on any atom is -0.492 e. The highest BCUT2D eigenvalue weighted by Crippen LogP contribution is 2.30. The molecule has 2 aromatic heterocycles. The van der Waals surface area contributed by atoms with Crippen LogP contribution in [0.5, 0.6) is 5.75 Å². The SMILES string of the molecule is CCOc1cncc(C(NN)c2coc3ccccc23)c1. The third-order valence-electron chi connectivity index (χ3n) is 3.37. The highest BCUT2D eigenvalue weighted by Gasteiger charge is 2.18. The van der Waals surface area contributed by atoms with Crippen molar-refractivity contribution in [2.24, 2.45) is 5.84 Å². The number of nitrogens with two attached hydrogens (primary N) is 1. The van der Waals surface area contributed by atoms with Gasteiger partial charge in [-0.1, -0.05) is 18.2 Å². The number of rotatable bonds is 5. The molecule has 0 bridgehead atoms. The van der Waals surface area contributed by atoms with Gasteiger partial charge in [-0.05, 0) is 24.6 Å². The molecule has 2 heterocycles. The van der Waals surface area contributed by atoms with Crippen LogP contribution in [0, 0.1) is 0 Å². The van der Waals surface area contributed by atoms with E-state index in [0.717, 1.165) is 27.8 Å². The van der Waals surface area contributed by atoms with Gasteiger partial charge in [-0.3, -0.25) is 10.8 Å². The smallest absolute Gasteiger partial charge is 0.137 e. The molecular weight excluding hydrogens is 266 g/mol. The van der Waals surface area contributed by atoms with Gasteiger partial charge >= 0.3 is 0 Å². The fourth-order valence-corrected chi connectivity index (χ4v) is 2.43. The molecular formula is C16H17N3O2. The number of aromatic nitrogens is 1. The number of hydrazine groups is 1. The highest BCUT2D eigenvalue weighted by molar-refractivity contribution is 5.81. The van der Waals surface area contributed by atoms with Crippen LogP contribution in [0.1, 0.15) is 24.1 Å². The molecule has 3 rings (SSSR count). The highest BCUT2D eigenvalue weighted by atomic mass is 16.5. The van der Waals surface area contributed by atoms with E-state index in [0.29, 0.717) is 6.61 Å². The van der Waals surface area contributed by atoms with Crippen LogP contribution in [-0.2, 0) is 0 Å². The number of ether oxygens (including phenoxy) is 1. The molecule has 0 saturated heterocycles. The molecule has 1 unspecified atom stereocenters. The number of nitrogens with zero attached hydrogens (tertiary/aromatic N) is 1. The number of hydrogen-bond donors (Lipinski definition) is 2. The lowest BCUT2D eigenvalue weighted by Crippen LogP contribution is -2.28. The third-order valence-corrected chi connectivity index (χ3v) is 3.37. The first-order valence-corrected chi connectivity index (χ1v) is 6.83. The van der Waals surface area contributed by atoms with E-state index in [1.54, 1.807) is 18.7 Å². The van der Waals surface area contributed by atoms with Gasteiger partial charge in [0, 0.05) is 17.1 Å². The lowest BCUT2D eigenvalue weighted by Gasteiger charge is -2.16. The maximum absolute atomic E-state index is 5.75. The number of benzene rings is 1. The van der Waals surface area contributed by atoms with Gasteiger partial charge in [-0.15, -0.1) is 0 Å². The number of pyridine rings is 1. The topological polar surface area (TPSA) is 73.3 Å². The third kappa shape index (κ3) is 2.61. The predicted molar refractivity (Wildman–Crippen MR) is 80.8 cm³/mol. The maximum Gasteiger partial charge on any atom is 0.137 e. The van der Waals surface area contributed by atoms with Gasteiger partial charge in [0.1, 0.15) is 11.3 Å². The normalized spacial score (nSPS) is 12.5. The van der Waals surface area contributed by atoms with E-state index < -0.39 is 0 Å². The van der Waals surface area contributed by atoms with Crippen molar-refractivity contribution in [1.29, 1.82) is 0 Å². The van der Waals surface area contributed by atoms with Crippen molar-refractivity contribution in [1.82, 2.24) is 10.4 Å². The largest absolute Gasteiger partial charge is 0.492 e. The molecule has 0 fully saturated rings. The molecule has 0 radical (unpaired) electrons. The summed E-state index contributed by atoms with van der Waals surface area (Å²) in [5.74, 6) is 6.48. The average molecular weight is 283 g/mol. The monoisotopic (exact) mass is 283 g/mol. The summed E-state index contributed by atoms with van der Waals surface area (Å²) >= 11 is 0. The van der Waals surface area contributed by atoms with Gasteiger partial charge in [0.25, 0.3) is 0 Å². The Labute approximate surface area is 122 Å². The minimum absolute atomic E-state index is 0.207. The fourth-order valence-electron chi connectivity index (χ4n) is 2.43. The Morgan fingerprint density at radius 3 is 3.00 bits per heavy atom. The Balaban J connectivity index is 2.03. The van der Waals surface area contributed by atoms with Crippen LogP contribution < -0.4 is 16.0 Å². The minimum atomic E-state index is -0.207. The zero-order valence-corrected chi connectivity index (χ0v) is 11.7. The molecule has 3 N–H and O–H groups in total. The first kappa shape index (κ1) is 13.6. The Hall–Kier alpha value is -2.37. The molecule has 0 aliphatic carbocycles. The number of fused-ring (bicyclic) bond motifs is 1. The van der Waals surface area contributed by atoms with E-state index >= 15 is 0 Å². The summed E-state index contributed by atoms with van der Waals surface area (Å²) in [7, 11) is 0. The summed E-state index contributed by atoms with van der Waals surface area (Å²) in [5, 5.41) is 1.03. The number of furan rings is 1. The van der Waals surface area contributed by atoms with Crippen LogP contribution in [0.3, 0.4) is 0 Å². The van der Waals surface area contributed by atoms with Gasteiger partial charge in [0.05, 0.1) is 25.1 Å². The van der Waals surface area contributed by atoms with Crippen LogP contribution in [0.25, 0.3) is 11.0 Å². The van der Waals surface area contributed by atoms with Gasteiger partial charge in [-0.2, -0.15) is 0 Å². The van der Waals surface area contributed by atoms with Crippen molar-refractivity contribution in [3.05, 3.63) is 60.1 Å². The van der Waals surface area contributed by atoms with Crippen molar-refractivity contribution in [3.63, 3.8) is 0 Å². The van der Waals surface area contributed by atoms with Gasteiger partial charge < -0.3 is 9.15 Å². The number of nitrogens with one attached hydrogen (secondary N) is 1. The van der Waals surface area contributed by atoms with Gasteiger partial charge in [-0.25, -0.2) is 5.43 Å². The molecule has 0 saturated carbocycles. The first-order chi connectivity index (χ1) is 10.3. The predicted octanol–water partition coefficient (Wildman–Crippen LogP) is 2.78. The molecule has 1 atom stereocenters. The number of hydrogen-bond acceptors (Lipinski definition) is 5. The molecule has 5 heteroatoms. The summed E-state index contributed by atoms with van der Waals surface area (Å²) in [5.41, 5.74) is 5.56. The van der Waals surface area contributed by atoms with E-state index in [-0.39, 0.29) is 6.04 Å². The molecule has 0 aliphatic rings. The second kappa shape index (κ2) is 5.95. The van der Waals surface area contributed by atoms with Crippen molar-refractivity contribution in [2.45, 2.75) is 13.0 Å². The summed E-state index contributed by atoms with van der Waals surface area (Å²) in [4.78, 5) is 4.21. The molecule has 1 aromatic carbocycles. The standard InChI is InChI=1S/C16H17N3O2/c1-2-20-12-7-11(8-18-9-12)16(19-17)14-10-21-15-6-4-3-5-13(14)15/h3-10,16,19H,2,17H2,1H3. The van der Waals surface area contributed by atoms with Crippen molar-refractivity contribution >= 4 is 11.0 Å². The summed E-state index contributed by atoms with van der Waals surface area (Å²) in [6.45, 7) is 2.54. The summed E-state index contributed by atoms with van der Waals surface area (Å²) < 4.78 is 11.1. The fraction of sp³-hybridized carbons (Fsp3) is 0.188. The van der Waals surface area contributed by atoms with Crippen LogP contribution in [-0.4, -0.2) is 11.6 Å². The lowest BCUT2D eigenvalue weighted by atomic mass is 10.00. The van der Waals surface area contributed by atoms with Crippen molar-refractivity contribution in [3.8, 4) is 5.75 Å². The summed E-state index contributed by atoms with van der Waals surface area (Å²) in [6, 6.07) is 9.59. The quantitative estimate of drug-likeness (QED) is 0.556. The van der Waals surface area contributed by atoms with E-state index in [2.05, 4.69) is 10.4 Å². The zero-order valence-electron chi connectivity index (χ0n) is 11.7. The summed E-state index contributed by atoms with van der Waals surface area (Å²) in [6.07, 6.45) is 5.19. The Morgan fingerprint density at radius 1 is 1.33 bits per heavy atom. The van der Waals surface area contributed by atoms with E-state index in [9.17, 15) is 0 Å². The van der Waals surface area contributed by atoms with Gasteiger partial charge in [0.2, 0.25) is 0 Å². The lowest BCUT2D eigenvalue weighted by molar-refractivity contribution is 0.338. The van der Waals surface area contributed by atoms with Crippen molar-refractivity contribution < 1.29 is 9.15 Å². The Morgan fingerprint density at radius 2 is 2.19 bits per heavy atom. The molecule has 108 valence electrons. The second-order valence-electron chi connectivity index (χ2n) is 4.67. The van der Waals surface area contributed by atoms with Crippen LogP contribution >= 0.6 is 0 Å². The van der Waals surface area contributed by atoms with Crippen LogP contribution in [0.4, 0.5) is 0 Å². The molecule has 3 aromatic rings. The van der Waals surface area contributed by atoms with Crippen LogP contribution in [0.2, 0.25) is 0 Å². The maximum atomic E-state index is 5.75. The zero-order chi connectivity index (χ0) is 14.7. The average Bonchev–Trinajstić information content (AvgIpc) is 2.93. The molecule has 5 nitrogen and oxygen atoms in total. The van der Waals surface area contributed by atoms with Crippen molar-refractivity contribution in [2.75, 3.05) is 6.61 Å². The van der Waals surface area contributed by atoms with Gasteiger partial charge in [0.15, 0.2) is 0 Å². The second-order valence-corrected chi connectivity index (χ2v) is 4.67. The molecule has 21 heavy (non-hydrogen) atoms. The molecule has 0 amide bonds. The van der Waals surface area contributed by atoms with E-state index in [1.165, 1.54) is 0 Å². The Bertz CT molecular complexity index is 739. The van der Waals surface area contributed by atoms with E-state index in [1.807, 2.05) is 37.3 Å². The molecule has 0 aliphatic heterocycles. The number of para-hydroxylation sites is 1.